The maximum atomic E-state index is 12.7. The topological polar surface area (TPSA) is 592 Å². The Morgan fingerprint density at radius 3 is 1.56 bits per heavy atom. The van der Waals surface area contributed by atoms with Gasteiger partial charge >= 0.3 is 31.9 Å². The van der Waals surface area contributed by atoms with Crippen molar-refractivity contribution in [2.24, 2.45) is 15.2 Å². The molecule has 4 aliphatic carbocycles. The molecule has 18 rings (SSSR count). The third-order valence-corrected chi connectivity index (χ3v) is 27.6. The summed E-state index contributed by atoms with van der Waals surface area (Å²) >= 11 is 37.4. The average molecular weight is 2210 g/mol. The van der Waals surface area contributed by atoms with Crippen LogP contribution in [0.5, 0.6) is 0 Å². The number of carbonyl (C=O) groups excluding carboxylic acids is 3. The van der Waals surface area contributed by atoms with Crippen molar-refractivity contribution in [3.8, 4) is 6.07 Å². The van der Waals surface area contributed by atoms with Crippen molar-refractivity contribution in [1.29, 1.82) is 5.26 Å². The van der Waals surface area contributed by atoms with E-state index in [9.17, 15) is 56.5 Å². The first-order valence-corrected chi connectivity index (χ1v) is 54.1. The molecule has 13 N–H and O–H groups in total. The van der Waals surface area contributed by atoms with Crippen LogP contribution in [0.1, 0.15) is 119 Å². The zero-order valence-electron chi connectivity index (χ0n) is 73.5. The molecule has 6 aliphatic rings. The monoisotopic (exact) mass is 2200 g/mol. The molecule has 1 atom stereocenters. The van der Waals surface area contributed by atoms with E-state index in [2.05, 4.69) is 129 Å². The molecule has 136 heavy (non-hydrogen) atoms. The second-order valence-electron chi connectivity index (χ2n) is 30.6. The van der Waals surface area contributed by atoms with E-state index < -0.39 is 62.5 Å². The Morgan fingerprint density at radius 2 is 1.12 bits per heavy atom. The number of nitrogens with zero attached hydrogens (tertiary/aromatic N) is 17. The minimum absolute atomic E-state index is 0.0284. The number of nitrogens with two attached hydrogens (primary N) is 4. The van der Waals surface area contributed by atoms with Gasteiger partial charge < -0.3 is 61.7 Å². The van der Waals surface area contributed by atoms with Crippen LogP contribution in [0.4, 0.5) is 23.3 Å². The molecule has 723 valence electrons. The van der Waals surface area contributed by atoms with E-state index in [-0.39, 0.29) is 78.8 Å². The van der Waals surface area contributed by atoms with Crippen molar-refractivity contribution in [1.82, 2.24) is 83.6 Å². The summed E-state index contributed by atoms with van der Waals surface area (Å²) in [7, 11) is -13.1. The Kier molecular flexibility index (Phi) is 41.5. The molecule has 14 heterocycles. The summed E-state index contributed by atoms with van der Waals surface area (Å²) in [5.41, 5.74) is 30.6. The number of aliphatic imine (C=N–C) groups is 1. The molecule has 12 aromatic rings. The van der Waals surface area contributed by atoms with Gasteiger partial charge in [-0.25, -0.2) is 77.0 Å². The van der Waals surface area contributed by atoms with E-state index in [1.165, 1.54) is 68.6 Å². The molecule has 0 saturated heterocycles. The number of thiol groups is 1. The van der Waals surface area contributed by atoms with Gasteiger partial charge in [0.1, 0.15) is 42.9 Å². The number of fused-ring (bicyclic) bond motifs is 4. The number of nitrogen functional groups attached to an aromatic ring is 4. The molecular formula is C82H94B2Br2Cl5N24O15S6. The molecule has 4 saturated carbocycles. The van der Waals surface area contributed by atoms with Gasteiger partial charge in [-0.05, 0) is 183 Å². The van der Waals surface area contributed by atoms with Crippen molar-refractivity contribution >= 4 is 230 Å². The molecule has 54 heteroatoms. The standard InChI is InChI=1S/C24H22ClN7O3S.C12H10ClN5O.C12H15ClN2O2S.C9H12N2O2S.C6H7BrN2O2S.C6H8N2O2S.C5H5BrN2.C3H7BO2.C3H4Cl2O.C2H3N.BHNS/c1-36(34,35)22-6-16(15-2-3-15)10-31-12-19(29-23(22)31)13-32-11-17(8-28-32)24(33)26-9-20-21-7-18(25)4-5-30(21)14-27-20;13-9-1-2-18-7-15-10(11(18)3-9)6-14-12(19)8-4-16-17-5-8;1-18(16,17)11-4-9(8-2-3-8)6-15-7-10(5-13)14-12(11)15;1-14(12,13)8-4-7(6-2-3-6)5-11-9(8)10;1-12(10,11)5-2-4(7)3-9-6(5)8;1-11(9,10)5-3-2-4-8-6(5)7;6-4-2-1-3-8-5(4)7;5-4(6)3-1-2-3;4-1-3(6)2-5;2*1-2-3/h4-8,10-12,14-15H,2-3,9,13H2,1H3,(H,26,33);1-5,7H,6H2,(H,14,19)(H,16,17);4,6,8,12H,2-3,5,7H2,1H3;4-6H,2-3H2,1H3,(H2,10,11);2-3H,1H3,(H2,8,9);2-4H,1H3,(H2,7,8);1-3H,(H2,7,8);3,5-6H,1-2H2;1-2H2;1H3;3H. The molecule has 1 radical (unpaired) electrons. The Hall–Kier alpha value is -10.3. The molecule has 1 unspecified atom stereocenters. The Balaban J connectivity index is 0.000000198. The first-order chi connectivity index (χ1) is 64.1. The van der Waals surface area contributed by atoms with Gasteiger partial charge in [-0.15, -0.1) is 34.8 Å². The number of pyridine rings is 7. The number of hydrogen-bond donors (Lipinski definition) is 10. The van der Waals surface area contributed by atoms with Crippen molar-refractivity contribution in [2.75, 3.05) is 78.4 Å². The van der Waals surface area contributed by atoms with Gasteiger partial charge in [0.15, 0.2) is 66.8 Å². The third kappa shape index (κ3) is 34.7. The number of Topliss-reactive ketones (excluding diaryl/α,β-unsaturated/α-hetero) is 1. The van der Waals surface area contributed by atoms with Crippen LogP contribution in [-0.4, -0.2) is 225 Å². The van der Waals surface area contributed by atoms with Crippen LogP contribution in [0.15, 0.2) is 214 Å². The average Bonchev–Trinajstić information content (AvgIpc) is 1.59. The number of aromatic nitrogens is 14. The Bertz CT molecular complexity index is 6980. The van der Waals surface area contributed by atoms with Gasteiger partial charge in [-0.3, -0.25) is 29.2 Å². The molecule has 0 spiro atoms. The van der Waals surface area contributed by atoms with Crippen LogP contribution in [0.3, 0.4) is 0 Å². The number of nitriles is 1. The number of sulfone groups is 5. The third-order valence-electron chi connectivity index (χ3n) is 19.4. The van der Waals surface area contributed by atoms with Crippen molar-refractivity contribution in [3.63, 3.8) is 0 Å². The SMILES string of the molecule is CC#N.CS(=O)(=O)C1=CC(C2CC2)=CN2CC(CCl)=NC12.CS(=O)(=O)c1cc(Br)cnc1N.CS(=O)(=O)c1cc(C2CC2)cn2cc(Cn3cc(C(=O)NCc4ncn5ccc(Cl)cc45)cn3)nc12.CS(=O)(=O)c1cc(C2CC2)cnc1N.CS(=O)(=O)c1cccnc1N.Nc1ncccc1Br.O=C(CCl)CCl.O=C(NCc1ncn2ccc(Cl)cc12)c1cn[nH]c1.OB(O)C1CC1.[B]=NS. The quantitative estimate of drug-likeness (QED) is 0.0192. The van der Waals surface area contributed by atoms with Gasteiger partial charge in [-0.1, -0.05) is 36.0 Å². The van der Waals surface area contributed by atoms with Gasteiger partial charge in [-0.2, -0.15) is 15.5 Å². The van der Waals surface area contributed by atoms with E-state index in [0.29, 0.717) is 96.7 Å². The van der Waals surface area contributed by atoms with Crippen LogP contribution in [0, 0.1) is 17.2 Å². The summed E-state index contributed by atoms with van der Waals surface area (Å²) in [6.07, 6.45) is 41.0. The number of alkyl halides is 3. The minimum atomic E-state index is -3.44. The number of H-pyrrole nitrogens is 1. The molecule has 4 fully saturated rings. The number of nitrogens with one attached hydrogen (secondary N) is 3. The number of rotatable bonds is 20. The number of amides is 2. The molecule has 39 nitrogen and oxygen atoms in total. The number of anilines is 4. The van der Waals surface area contributed by atoms with Crippen LogP contribution in [-0.2, 0) is 73.6 Å². The maximum absolute atomic E-state index is 12.7. The van der Waals surface area contributed by atoms with Crippen LogP contribution >= 0.6 is 103 Å². The van der Waals surface area contributed by atoms with E-state index in [1.54, 1.807) is 76.7 Å². The molecule has 2 amide bonds. The summed E-state index contributed by atoms with van der Waals surface area (Å²) in [4.78, 5) is 69.9. The summed E-state index contributed by atoms with van der Waals surface area (Å²) in [5, 5.41) is 41.3. The number of aromatic amines is 1. The Morgan fingerprint density at radius 1 is 0.625 bits per heavy atom. The number of imidazole rings is 3. The second-order valence-corrected chi connectivity index (χ2v) is 44.2. The summed E-state index contributed by atoms with van der Waals surface area (Å²) < 4.78 is 126. The number of ketones is 1. The van der Waals surface area contributed by atoms with Crippen molar-refractivity contribution < 1.29 is 66.5 Å². The van der Waals surface area contributed by atoms with E-state index in [4.69, 9.17) is 96.2 Å². The fourth-order valence-corrected chi connectivity index (χ4v) is 17.7. The Labute approximate surface area is 833 Å². The van der Waals surface area contributed by atoms with E-state index >= 15 is 0 Å². The van der Waals surface area contributed by atoms with Gasteiger partial charge in [0.25, 0.3) is 11.8 Å². The predicted molar refractivity (Wildman–Crippen MR) is 535 cm³/mol. The summed E-state index contributed by atoms with van der Waals surface area (Å²) in [6, 6.07) is 20.4. The number of carbonyl (C=O) groups is 3. The molecule has 0 bridgehead atoms. The fourth-order valence-electron chi connectivity index (χ4n) is 12.2. The number of hydrogen-bond acceptors (Lipinski definition) is 33. The number of halogens is 7. The van der Waals surface area contributed by atoms with Crippen LogP contribution < -0.4 is 33.6 Å². The van der Waals surface area contributed by atoms with E-state index in [0.717, 1.165) is 114 Å². The zero-order chi connectivity index (χ0) is 100. The van der Waals surface area contributed by atoms with Crippen LogP contribution in [0.2, 0.25) is 15.9 Å². The van der Waals surface area contributed by atoms with Crippen LogP contribution in [0.25, 0.3) is 16.7 Å². The van der Waals surface area contributed by atoms with E-state index in [1.807, 2.05) is 62.8 Å². The summed E-state index contributed by atoms with van der Waals surface area (Å²) in [6.45, 7) is 2.93. The van der Waals surface area contributed by atoms with Gasteiger partial charge in [0.05, 0.1) is 124 Å². The van der Waals surface area contributed by atoms with Crippen molar-refractivity contribution in [3.05, 3.63) is 235 Å². The van der Waals surface area contributed by atoms with Gasteiger partial charge in [0.2, 0.25) is 0 Å². The zero-order valence-corrected chi connectivity index (χ0v) is 85.4. The molecular weight excluding hydrogens is 2110 g/mol. The van der Waals surface area contributed by atoms with Gasteiger partial charge in [0, 0.05) is 127 Å². The predicted octanol–water partition coefficient (Wildman–Crippen LogP) is 10.9. The molecule has 12 aromatic heterocycles. The molecule has 0 aromatic carbocycles. The normalized spacial score (nSPS) is 14.5. The fraction of sp³-hybridized carbons (Fsp3) is 0.317. The summed E-state index contributed by atoms with van der Waals surface area (Å²) in [5.74, 6) is 2.16. The first kappa shape index (κ1) is 111. The number of allylic oxidation sites excluding steroid dienone is 2. The second kappa shape index (κ2) is 50.9. The molecule has 2 aliphatic heterocycles. The van der Waals surface area contributed by atoms with Crippen molar-refractivity contribution in [2.45, 2.75) is 121 Å². The first-order valence-electron chi connectivity index (χ1n) is 40.3.